The highest BCUT2D eigenvalue weighted by Gasteiger charge is 2.38. The Bertz CT molecular complexity index is 1350. The second kappa shape index (κ2) is 8.24. The van der Waals surface area contributed by atoms with E-state index in [0.717, 1.165) is 0 Å². The summed E-state index contributed by atoms with van der Waals surface area (Å²) in [5, 5.41) is 3.38. The Morgan fingerprint density at radius 1 is 1.16 bits per heavy atom. The lowest BCUT2D eigenvalue weighted by Gasteiger charge is -2.09. The molecule has 32 heavy (non-hydrogen) atoms. The van der Waals surface area contributed by atoms with Crippen LogP contribution in [-0.2, 0) is 22.7 Å². The molecule has 9 nitrogen and oxygen atoms in total. The number of nitrogens with zero attached hydrogens (tertiary/aromatic N) is 4. The van der Waals surface area contributed by atoms with Crippen LogP contribution in [0.2, 0.25) is 0 Å². The van der Waals surface area contributed by atoms with E-state index in [0.29, 0.717) is 22.3 Å². The zero-order valence-electron chi connectivity index (χ0n) is 16.5. The van der Waals surface area contributed by atoms with E-state index >= 15 is 0 Å². The van der Waals surface area contributed by atoms with Gasteiger partial charge in [-0.1, -0.05) is 5.16 Å². The van der Waals surface area contributed by atoms with Crippen molar-refractivity contribution in [3.8, 4) is 17.1 Å². The van der Waals surface area contributed by atoms with Crippen LogP contribution in [-0.4, -0.2) is 41.8 Å². The Labute approximate surface area is 179 Å². The van der Waals surface area contributed by atoms with Crippen LogP contribution >= 0.6 is 0 Å². The van der Waals surface area contributed by atoms with Gasteiger partial charge < -0.3 is 13.8 Å². The van der Waals surface area contributed by atoms with Gasteiger partial charge >= 0.3 is 12.1 Å². The summed E-state index contributed by atoms with van der Waals surface area (Å²) in [6.45, 7) is 0.292. The average molecular weight is 467 g/mol. The van der Waals surface area contributed by atoms with Gasteiger partial charge in [0.15, 0.2) is 0 Å². The van der Waals surface area contributed by atoms with Gasteiger partial charge in [0, 0.05) is 18.7 Å². The lowest BCUT2D eigenvalue weighted by atomic mass is 10.2. The van der Waals surface area contributed by atoms with Crippen molar-refractivity contribution in [2.75, 3.05) is 13.7 Å². The van der Waals surface area contributed by atoms with E-state index in [1.807, 2.05) is 0 Å². The predicted octanol–water partition coefficient (Wildman–Crippen LogP) is 3.09. The molecule has 4 rings (SSSR count). The minimum atomic E-state index is -4.74. The number of nitrogens with one attached hydrogen (secondary N) is 1. The summed E-state index contributed by atoms with van der Waals surface area (Å²) in [5.74, 6) is -1.12. The summed E-state index contributed by atoms with van der Waals surface area (Å²) in [5.41, 5.74) is 1.45. The molecule has 0 aliphatic heterocycles. The SMILES string of the molecule is COc1ccc(S(=O)(=O)NCCn2cnc3ccc(-c4noc(C(F)(F)F)n4)cc32)cc1. The molecule has 2 aromatic heterocycles. The van der Waals surface area contributed by atoms with Crippen LogP contribution in [0.5, 0.6) is 5.75 Å². The highest BCUT2D eigenvalue weighted by Crippen LogP contribution is 2.30. The molecule has 0 fully saturated rings. The molecule has 2 heterocycles. The first-order valence-corrected chi connectivity index (χ1v) is 10.7. The first-order chi connectivity index (χ1) is 15.2. The number of hydrogen-bond acceptors (Lipinski definition) is 7. The molecular weight excluding hydrogens is 451 g/mol. The van der Waals surface area contributed by atoms with Crippen LogP contribution in [0.4, 0.5) is 13.2 Å². The molecule has 0 atom stereocenters. The Kier molecular flexibility index (Phi) is 5.60. The lowest BCUT2D eigenvalue weighted by Crippen LogP contribution is -2.27. The van der Waals surface area contributed by atoms with Gasteiger partial charge in [0.2, 0.25) is 15.8 Å². The molecule has 1 N–H and O–H groups in total. The van der Waals surface area contributed by atoms with Crippen LogP contribution in [0.3, 0.4) is 0 Å². The van der Waals surface area contributed by atoms with Gasteiger partial charge in [0.05, 0.1) is 29.4 Å². The van der Waals surface area contributed by atoms with Crippen molar-refractivity contribution in [1.82, 2.24) is 24.4 Å². The minimum Gasteiger partial charge on any atom is -0.497 e. The van der Waals surface area contributed by atoms with E-state index in [2.05, 4.69) is 24.4 Å². The molecule has 2 aromatic carbocycles. The first-order valence-electron chi connectivity index (χ1n) is 9.17. The number of aromatic nitrogens is 4. The number of sulfonamides is 1. The molecule has 0 spiro atoms. The molecule has 0 aliphatic rings. The van der Waals surface area contributed by atoms with Crippen LogP contribution in [0, 0.1) is 0 Å². The molecule has 0 bridgehead atoms. The van der Waals surface area contributed by atoms with Gasteiger partial charge in [-0.2, -0.15) is 18.2 Å². The fourth-order valence-corrected chi connectivity index (χ4v) is 3.99. The van der Waals surface area contributed by atoms with Gasteiger partial charge in [0.25, 0.3) is 0 Å². The largest absolute Gasteiger partial charge is 0.497 e. The molecule has 0 radical (unpaired) electrons. The van der Waals surface area contributed by atoms with Crippen LogP contribution in [0.25, 0.3) is 22.4 Å². The van der Waals surface area contributed by atoms with E-state index in [1.165, 1.54) is 31.6 Å². The van der Waals surface area contributed by atoms with Crippen molar-refractivity contribution in [2.24, 2.45) is 0 Å². The smallest absolute Gasteiger partial charge is 0.471 e. The van der Waals surface area contributed by atoms with Crippen LogP contribution < -0.4 is 9.46 Å². The second-order valence-corrected chi connectivity index (χ2v) is 8.40. The minimum absolute atomic E-state index is 0.0600. The number of rotatable bonds is 7. The third-order valence-corrected chi connectivity index (χ3v) is 6.04. The summed E-state index contributed by atoms with van der Waals surface area (Å²) in [4.78, 5) is 7.69. The monoisotopic (exact) mass is 467 g/mol. The zero-order valence-corrected chi connectivity index (χ0v) is 17.3. The van der Waals surface area contributed by atoms with E-state index in [4.69, 9.17) is 4.74 Å². The van der Waals surface area contributed by atoms with Crippen molar-refractivity contribution >= 4 is 21.1 Å². The molecule has 0 saturated carbocycles. The highest BCUT2D eigenvalue weighted by atomic mass is 32.2. The predicted molar refractivity (Wildman–Crippen MR) is 106 cm³/mol. The summed E-state index contributed by atoms with van der Waals surface area (Å²) in [6, 6.07) is 10.6. The van der Waals surface area contributed by atoms with Gasteiger partial charge in [-0.15, -0.1) is 0 Å². The highest BCUT2D eigenvalue weighted by molar-refractivity contribution is 7.89. The fourth-order valence-electron chi connectivity index (χ4n) is 2.97. The molecular formula is C19H16F3N5O4S. The van der Waals surface area contributed by atoms with E-state index in [9.17, 15) is 21.6 Å². The zero-order chi connectivity index (χ0) is 22.9. The Morgan fingerprint density at radius 3 is 2.56 bits per heavy atom. The normalized spacial score (nSPS) is 12.4. The van der Waals surface area contributed by atoms with Crippen molar-refractivity contribution in [2.45, 2.75) is 17.6 Å². The van der Waals surface area contributed by atoms with Crippen molar-refractivity contribution < 1.29 is 30.8 Å². The fraction of sp³-hybridized carbons (Fsp3) is 0.211. The number of alkyl halides is 3. The van der Waals surface area contributed by atoms with Gasteiger partial charge in [0.1, 0.15) is 5.75 Å². The molecule has 0 aliphatic carbocycles. The molecule has 168 valence electrons. The Morgan fingerprint density at radius 2 is 1.91 bits per heavy atom. The summed E-state index contributed by atoms with van der Waals surface area (Å²) in [7, 11) is -2.25. The molecule has 13 heteroatoms. The summed E-state index contributed by atoms with van der Waals surface area (Å²) >= 11 is 0. The van der Waals surface area contributed by atoms with Crippen molar-refractivity contribution in [3.05, 3.63) is 54.7 Å². The van der Waals surface area contributed by atoms with Crippen molar-refractivity contribution in [1.29, 1.82) is 0 Å². The number of hydrogen-bond donors (Lipinski definition) is 1. The first kappa shape index (κ1) is 21.8. The maximum Gasteiger partial charge on any atom is 0.471 e. The maximum atomic E-state index is 12.7. The molecule has 0 amide bonds. The van der Waals surface area contributed by atoms with E-state index < -0.39 is 22.1 Å². The second-order valence-electron chi connectivity index (χ2n) is 6.64. The van der Waals surface area contributed by atoms with Crippen LogP contribution in [0.1, 0.15) is 5.89 Å². The van der Waals surface area contributed by atoms with Gasteiger partial charge in [-0.3, -0.25) is 0 Å². The topological polar surface area (TPSA) is 112 Å². The number of halogens is 3. The number of ether oxygens (including phenoxy) is 1. The van der Waals surface area contributed by atoms with E-state index in [-0.39, 0.29) is 23.8 Å². The lowest BCUT2D eigenvalue weighted by molar-refractivity contribution is -0.159. The number of imidazole rings is 1. The standard InChI is InChI=1S/C19H16F3N5O4S/c1-30-13-3-5-14(6-4-13)32(28,29)24-8-9-27-11-23-15-7-2-12(10-16(15)27)17-25-18(31-26-17)19(20,21)22/h2-7,10-11,24H,8-9H2,1H3. The molecule has 4 aromatic rings. The quantitative estimate of drug-likeness (QED) is 0.445. The van der Waals surface area contributed by atoms with Gasteiger partial charge in [-0.25, -0.2) is 18.1 Å². The third-order valence-electron chi connectivity index (χ3n) is 4.56. The average Bonchev–Trinajstić information content (AvgIpc) is 3.41. The maximum absolute atomic E-state index is 12.7. The van der Waals surface area contributed by atoms with Gasteiger partial charge in [-0.05, 0) is 42.5 Å². The number of benzene rings is 2. The van der Waals surface area contributed by atoms with E-state index in [1.54, 1.807) is 28.8 Å². The van der Waals surface area contributed by atoms with Crippen molar-refractivity contribution in [3.63, 3.8) is 0 Å². The Hall–Kier alpha value is -3.45. The third kappa shape index (κ3) is 4.43. The Balaban J connectivity index is 1.50. The number of methoxy groups -OCH3 is 1. The number of fused-ring (bicyclic) bond motifs is 1. The summed E-state index contributed by atoms with van der Waals surface area (Å²) in [6.07, 6.45) is -3.23. The van der Waals surface area contributed by atoms with Crippen LogP contribution in [0.15, 0.2) is 58.2 Å². The molecule has 0 saturated heterocycles. The summed E-state index contributed by atoms with van der Waals surface area (Å²) < 4.78 is 76.5. The molecule has 0 unspecified atom stereocenters.